The Morgan fingerprint density at radius 1 is 1.00 bits per heavy atom. The van der Waals surface area contributed by atoms with Gasteiger partial charge in [0.25, 0.3) is 0 Å². The summed E-state index contributed by atoms with van der Waals surface area (Å²) in [6.45, 7) is 11.5. The summed E-state index contributed by atoms with van der Waals surface area (Å²) in [5.41, 5.74) is 5.12. The van der Waals surface area contributed by atoms with Crippen LogP contribution in [0.3, 0.4) is 0 Å². The fraction of sp³-hybridized carbons (Fsp3) is 0.273. The van der Waals surface area contributed by atoms with Crippen molar-refractivity contribution >= 4 is 0 Å². The molecule has 0 fully saturated rings. The fourth-order valence-corrected chi connectivity index (χ4v) is 3.71. The molecule has 2 aromatic carbocycles. The maximum atomic E-state index is 10.4. The van der Waals surface area contributed by atoms with E-state index in [1.54, 1.807) is 6.07 Å². The lowest BCUT2D eigenvalue weighted by atomic mass is 9.98. The molecule has 1 aliphatic rings. The number of phenols is 2. The molecule has 0 amide bonds. The zero-order valence-electron chi connectivity index (χ0n) is 16.7. The third kappa shape index (κ3) is 3.18. The molecule has 1 aromatic heterocycles. The van der Waals surface area contributed by atoms with Crippen molar-refractivity contribution in [3.63, 3.8) is 0 Å². The number of aromatic nitrogens is 3. The second-order valence-electron chi connectivity index (χ2n) is 7.79. The number of fused-ring (bicyclic) bond motifs is 1. The Bertz CT molecular complexity index is 1120. The smallest absolute Gasteiger partial charge is 0.319 e. The fourth-order valence-electron chi connectivity index (χ4n) is 3.71. The van der Waals surface area contributed by atoms with E-state index in [2.05, 4.69) is 21.7 Å². The molecule has 7 heteroatoms. The standard InChI is InChI=1S/C22H24N4O3/c1-12(2)17-8-18(20(28)9-19(17)27)21-23-24-22(29)26(21)16-6-5-14-10-25(13(3)4)11-15(14)7-16/h5-9,12,27-28H,3,10-11H2,1-2,4H3,(H,24,29). The summed E-state index contributed by atoms with van der Waals surface area (Å²) in [5.74, 6) is 0.244. The highest BCUT2D eigenvalue weighted by molar-refractivity contribution is 5.70. The Morgan fingerprint density at radius 3 is 2.41 bits per heavy atom. The molecule has 3 N–H and O–H groups in total. The molecule has 7 nitrogen and oxygen atoms in total. The summed E-state index contributed by atoms with van der Waals surface area (Å²) in [6.07, 6.45) is 0. The van der Waals surface area contributed by atoms with Crippen LogP contribution in [0, 0.1) is 0 Å². The molecular formula is C22H24N4O3. The average Bonchev–Trinajstić information content (AvgIpc) is 3.24. The molecule has 0 saturated carbocycles. The van der Waals surface area contributed by atoms with Gasteiger partial charge in [0, 0.05) is 24.9 Å². The maximum Gasteiger partial charge on any atom is 0.319 e. The molecular weight excluding hydrogens is 368 g/mol. The van der Waals surface area contributed by atoms with E-state index >= 15 is 0 Å². The first kappa shape index (κ1) is 18.9. The van der Waals surface area contributed by atoms with Gasteiger partial charge >= 0.3 is 6.01 Å². The van der Waals surface area contributed by atoms with Crippen molar-refractivity contribution in [2.24, 2.45) is 0 Å². The van der Waals surface area contributed by atoms with Crippen LogP contribution < -0.4 is 0 Å². The number of benzene rings is 2. The summed E-state index contributed by atoms with van der Waals surface area (Å²) in [5, 5.41) is 38.9. The number of aromatic hydroxyl groups is 3. The summed E-state index contributed by atoms with van der Waals surface area (Å²) in [4.78, 5) is 2.18. The molecule has 3 aromatic rings. The van der Waals surface area contributed by atoms with Crippen LogP contribution in [-0.2, 0) is 13.1 Å². The van der Waals surface area contributed by atoms with Gasteiger partial charge in [-0.1, -0.05) is 31.6 Å². The lowest BCUT2D eigenvalue weighted by molar-refractivity contribution is 0.365. The van der Waals surface area contributed by atoms with Crippen molar-refractivity contribution in [3.05, 3.63) is 59.3 Å². The van der Waals surface area contributed by atoms with Crippen molar-refractivity contribution in [1.29, 1.82) is 0 Å². The van der Waals surface area contributed by atoms with Crippen LogP contribution in [0.25, 0.3) is 17.1 Å². The molecule has 0 radical (unpaired) electrons. The number of nitrogens with zero attached hydrogens (tertiary/aromatic N) is 4. The van der Waals surface area contributed by atoms with Crippen LogP contribution in [0.4, 0.5) is 0 Å². The lowest BCUT2D eigenvalue weighted by Gasteiger charge is -2.16. The van der Waals surface area contributed by atoms with Crippen molar-refractivity contribution in [2.45, 2.75) is 39.8 Å². The van der Waals surface area contributed by atoms with Crippen molar-refractivity contribution in [1.82, 2.24) is 19.7 Å². The highest BCUT2D eigenvalue weighted by atomic mass is 16.3. The number of allylic oxidation sites excluding steroid dienone is 1. The first-order valence-corrected chi connectivity index (χ1v) is 9.49. The summed E-state index contributed by atoms with van der Waals surface area (Å²) < 4.78 is 1.50. The molecule has 4 rings (SSSR count). The largest absolute Gasteiger partial charge is 0.508 e. The van der Waals surface area contributed by atoms with Gasteiger partial charge in [-0.05, 0) is 47.7 Å². The van der Waals surface area contributed by atoms with E-state index in [-0.39, 0.29) is 23.4 Å². The van der Waals surface area contributed by atoms with Crippen molar-refractivity contribution in [3.8, 4) is 34.6 Å². The predicted octanol–water partition coefficient (Wildman–Crippen LogP) is 4.02. The minimum atomic E-state index is -0.270. The third-order valence-corrected chi connectivity index (χ3v) is 5.36. The number of hydrogen-bond acceptors (Lipinski definition) is 6. The Morgan fingerprint density at radius 2 is 1.72 bits per heavy atom. The van der Waals surface area contributed by atoms with E-state index < -0.39 is 0 Å². The first-order valence-electron chi connectivity index (χ1n) is 9.49. The van der Waals surface area contributed by atoms with Gasteiger partial charge in [-0.25, -0.2) is 4.57 Å². The van der Waals surface area contributed by atoms with Crippen LogP contribution >= 0.6 is 0 Å². The molecule has 29 heavy (non-hydrogen) atoms. The summed E-state index contributed by atoms with van der Waals surface area (Å²) in [7, 11) is 0. The van der Waals surface area contributed by atoms with E-state index in [1.165, 1.54) is 16.2 Å². The molecule has 0 bridgehead atoms. The molecule has 1 aliphatic heterocycles. The van der Waals surface area contributed by atoms with Gasteiger partial charge in [0.05, 0.1) is 11.3 Å². The van der Waals surface area contributed by atoms with Gasteiger partial charge in [-0.15, -0.1) is 5.10 Å². The highest BCUT2D eigenvalue weighted by Crippen LogP contribution is 2.39. The number of rotatable bonds is 4. The van der Waals surface area contributed by atoms with Crippen molar-refractivity contribution in [2.75, 3.05) is 0 Å². The minimum Gasteiger partial charge on any atom is -0.508 e. The highest BCUT2D eigenvalue weighted by Gasteiger charge is 2.23. The second kappa shape index (κ2) is 6.84. The molecule has 0 atom stereocenters. The van der Waals surface area contributed by atoms with E-state index in [0.29, 0.717) is 22.6 Å². The SMILES string of the molecule is C=C(C)N1Cc2ccc(-n3c(O)nnc3-c3cc(C(C)C)c(O)cc3O)cc2C1. The molecule has 0 spiro atoms. The van der Waals surface area contributed by atoms with E-state index in [1.807, 2.05) is 39.0 Å². The van der Waals surface area contributed by atoms with Crippen LogP contribution in [0.2, 0.25) is 0 Å². The normalized spacial score (nSPS) is 13.2. The zero-order valence-corrected chi connectivity index (χ0v) is 16.7. The molecule has 0 unspecified atom stereocenters. The Labute approximate surface area is 169 Å². The molecule has 0 saturated heterocycles. The first-order chi connectivity index (χ1) is 13.8. The van der Waals surface area contributed by atoms with Gasteiger partial charge in [0.1, 0.15) is 11.5 Å². The third-order valence-electron chi connectivity index (χ3n) is 5.36. The molecule has 2 heterocycles. The monoisotopic (exact) mass is 392 g/mol. The van der Waals surface area contributed by atoms with Gasteiger partial charge in [0.2, 0.25) is 0 Å². The van der Waals surface area contributed by atoms with Gasteiger partial charge in [-0.3, -0.25) is 0 Å². The molecule has 150 valence electrons. The van der Waals surface area contributed by atoms with Crippen LogP contribution in [0.5, 0.6) is 17.5 Å². The topological polar surface area (TPSA) is 94.6 Å². The summed E-state index contributed by atoms with van der Waals surface area (Å²) >= 11 is 0. The van der Waals surface area contributed by atoms with Crippen molar-refractivity contribution < 1.29 is 15.3 Å². The zero-order chi connectivity index (χ0) is 20.9. The summed E-state index contributed by atoms with van der Waals surface area (Å²) in [6, 6.07) is 8.63. The van der Waals surface area contributed by atoms with Gasteiger partial charge in [-0.2, -0.15) is 0 Å². The second-order valence-corrected chi connectivity index (χ2v) is 7.79. The quantitative estimate of drug-likeness (QED) is 0.621. The Balaban J connectivity index is 1.82. The average molecular weight is 392 g/mol. The number of phenolic OH excluding ortho intramolecular Hbond substituents is 2. The lowest BCUT2D eigenvalue weighted by Crippen LogP contribution is -2.12. The predicted molar refractivity (Wildman–Crippen MR) is 110 cm³/mol. The maximum absolute atomic E-state index is 10.4. The Kier molecular flexibility index (Phi) is 4.45. The van der Waals surface area contributed by atoms with Crippen LogP contribution in [0.15, 0.2) is 42.6 Å². The van der Waals surface area contributed by atoms with Crippen LogP contribution in [-0.4, -0.2) is 35.0 Å². The molecule has 0 aliphatic carbocycles. The van der Waals surface area contributed by atoms with E-state index in [9.17, 15) is 15.3 Å². The van der Waals surface area contributed by atoms with Gasteiger partial charge < -0.3 is 20.2 Å². The van der Waals surface area contributed by atoms with Crippen LogP contribution in [0.1, 0.15) is 43.4 Å². The van der Waals surface area contributed by atoms with E-state index in [0.717, 1.165) is 24.4 Å². The number of hydrogen-bond donors (Lipinski definition) is 3. The minimum absolute atomic E-state index is 0.0222. The Hall–Kier alpha value is -3.48. The van der Waals surface area contributed by atoms with E-state index in [4.69, 9.17) is 0 Å². The van der Waals surface area contributed by atoms with Gasteiger partial charge in [0.15, 0.2) is 5.82 Å².